The summed E-state index contributed by atoms with van der Waals surface area (Å²) in [5.74, 6) is -0.308. The van der Waals surface area contributed by atoms with Crippen molar-refractivity contribution in [3.63, 3.8) is 0 Å². The summed E-state index contributed by atoms with van der Waals surface area (Å²) in [4.78, 5) is 11.6. The molecule has 2 rings (SSSR count). The molecule has 16 heavy (non-hydrogen) atoms. The highest BCUT2D eigenvalue weighted by Gasteiger charge is 2.04. The molecule has 0 amide bonds. The van der Waals surface area contributed by atoms with E-state index in [9.17, 15) is 9.18 Å². The lowest BCUT2D eigenvalue weighted by Crippen LogP contribution is -2.13. The second-order valence-corrected chi connectivity index (χ2v) is 3.68. The van der Waals surface area contributed by atoms with Crippen LogP contribution in [0.15, 0.2) is 35.1 Å². The lowest BCUT2D eigenvalue weighted by molar-refractivity contribution is 0.626. The number of rotatable bonds is 3. The van der Waals surface area contributed by atoms with E-state index in [4.69, 9.17) is 0 Å². The molecule has 0 aliphatic rings. The number of aryl methyl sites for hydroxylation is 1. The van der Waals surface area contributed by atoms with E-state index in [-0.39, 0.29) is 11.4 Å². The van der Waals surface area contributed by atoms with Gasteiger partial charge in [0.2, 0.25) is 0 Å². The first kappa shape index (κ1) is 10.7. The second kappa shape index (κ2) is 4.35. The number of hydrogen-bond acceptors (Lipinski definition) is 1. The molecule has 3 nitrogen and oxygen atoms in total. The van der Waals surface area contributed by atoms with E-state index in [0.29, 0.717) is 5.69 Å². The smallest absolute Gasteiger partial charge is 0.271 e. The Balaban J connectivity index is 2.40. The van der Waals surface area contributed by atoms with Crippen molar-refractivity contribution >= 4 is 0 Å². The highest BCUT2D eigenvalue weighted by molar-refractivity contribution is 5.31. The first-order valence-electron chi connectivity index (χ1n) is 5.27. The predicted octanol–water partition coefficient (Wildman–Crippen LogP) is 2.26. The molecule has 0 bridgehead atoms. The van der Waals surface area contributed by atoms with E-state index < -0.39 is 0 Å². The Hall–Kier alpha value is -1.84. The summed E-state index contributed by atoms with van der Waals surface area (Å²) in [5, 5.41) is 3.00. The van der Waals surface area contributed by atoms with Gasteiger partial charge in [-0.3, -0.25) is 9.89 Å². The molecule has 0 aliphatic carbocycles. The molecule has 0 fully saturated rings. The van der Waals surface area contributed by atoms with E-state index in [1.54, 1.807) is 18.2 Å². The maximum Gasteiger partial charge on any atom is 0.271 e. The van der Waals surface area contributed by atoms with Crippen molar-refractivity contribution in [1.29, 1.82) is 0 Å². The minimum atomic E-state index is -0.308. The Bertz CT molecular complexity index is 525. The number of aromatic nitrogens is 2. The van der Waals surface area contributed by atoms with Gasteiger partial charge in [0.1, 0.15) is 5.82 Å². The molecule has 0 saturated carbocycles. The van der Waals surface area contributed by atoms with Gasteiger partial charge >= 0.3 is 0 Å². The Kier molecular flexibility index (Phi) is 2.90. The Labute approximate surface area is 92.5 Å². The summed E-state index contributed by atoms with van der Waals surface area (Å²) in [7, 11) is 0. The van der Waals surface area contributed by atoms with E-state index in [2.05, 4.69) is 5.10 Å². The first-order valence-corrected chi connectivity index (χ1v) is 5.27. The lowest BCUT2D eigenvalue weighted by atomic mass is 10.3. The van der Waals surface area contributed by atoms with E-state index in [1.807, 2.05) is 6.92 Å². The molecule has 0 atom stereocenters. The number of hydrogen-bond donors (Lipinski definition) is 1. The molecule has 0 radical (unpaired) electrons. The van der Waals surface area contributed by atoms with Gasteiger partial charge in [0.25, 0.3) is 5.56 Å². The van der Waals surface area contributed by atoms with Gasteiger partial charge in [-0.15, -0.1) is 0 Å². The lowest BCUT2D eigenvalue weighted by Gasteiger charge is -2.01. The van der Waals surface area contributed by atoms with Crippen LogP contribution in [0.4, 0.5) is 4.39 Å². The molecule has 0 saturated heterocycles. The maximum atomic E-state index is 12.7. The average molecular weight is 220 g/mol. The zero-order chi connectivity index (χ0) is 11.5. The van der Waals surface area contributed by atoms with Crippen molar-refractivity contribution in [2.45, 2.75) is 19.8 Å². The minimum absolute atomic E-state index is 0.116. The highest BCUT2D eigenvalue weighted by atomic mass is 19.1. The Morgan fingerprint density at radius 2 is 2.00 bits per heavy atom. The van der Waals surface area contributed by atoms with Gasteiger partial charge in [0.05, 0.1) is 5.69 Å². The molecule has 1 heterocycles. The molecule has 84 valence electrons. The fraction of sp³-hybridized carbons (Fsp3) is 0.250. The molecule has 1 aromatic heterocycles. The van der Waals surface area contributed by atoms with Crippen molar-refractivity contribution in [3.8, 4) is 5.69 Å². The van der Waals surface area contributed by atoms with Crippen molar-refractivity contribution in [1.82, 2.24) is 9.78 Å². The molecule has 4 heteroatoms. The van der Waals surface area contributed by atoms with Gasteiger partial charge in [0.15, 0.2) is 0 Å². The Morgan fingerprint density at radius 1 is 1.31 bits per heavy atom. The van der Waals surface area contributed by atoms with Crippen LogP contribution in [-0.4, -0.2) is 9.78 Å². The molecule has 1 N–H and O–H groups in total. The fourth-order valence-corrected chi connectivity index (χ4v) is 1.62. The largest absolute Gasteiger partial charge is 0.295 e. The number of H-pyrrole nitrogens is 1. The normalized spacial score (nSPS) is 10.6. The summed E-state index contributed by atoms with van der Waals surface area (Å²) < 4.78 is 14.2. The van der Waals surface area contributed by atoms with Crippen molar-refractivity contribution < 1.29 is 4.39 Å². The van der Waals surface area contributed by atoms with E-state index in [0.717, 1.165) is 18.5 Å². The van der Waals surface area contributed by atoms with Crippen LogP contribution in [0.1, 0.15) is 19.0 Å². The minimum Gasteiger partial charge on any atom is -0.295 e. The van der Waals surface area contributed by atoms with Crippen LogP contribution < -0.4 is 5.56 Å². The van der Waals surface area contributed by atoms with Crippen LogP contribution in [-0.2, 0) is 6.42 Å². The van der Waals surface area contributed by atoms with Gasteiger partial charge in [-0.2, -0.15) is 0 Å². The topological polar surface area (TPSA) is 37.8 Å². The van der Waals surface area contributed by atoms with Gasteiger partial charge in [-0.25, -0.2) is 9.07 Å². The summed E-state index contributed by atoms with van der Waals surface area (Å²) in [6, 6.07) is 7.39. The first-order chi connectivity index (χ1) is 7.70. The molecule has 2 aromatic rings. The zero-order valence-electron chi connectivity index (χ0n) is 9.03. The van der Waals surface area contributed by atoms with Crippen molar-refractivity contribution in [3.05, 3.63) is 52.2 Å². The summed E-state index contributed by atoms with van der Waals surface area (Å²) in [5.41, 5.74) is 1.43. The van der Waals surface area contributed by atoms with Crippen LogP contribution in [0, 0.1) is 5.82 Å². The number of benzene rings is 1. The summed E-state index contributed by atoms with van der Waals surface area (Å²) in [6.07, 6.45) is 1.81. The number of nitrogens with zero attached hydrogens (tertiary/aromatic N) is 1. The zero-order valence-corrected chi connectivity index (χ0v) is 9.03. The third-order valence-corrected chi connectivity index (χ3v) is 2.38. The van der Waals surface area contributed by atoms with Crippen LogP contribution in [0.5, 0.6) is 0 Å². The highest BCUT2D eigenvalue weighted by Crippen LogP contribution is 2.06. The van der Waals surface area contributed by atoms with Crippen molar-refractivity contribution in [2.24, 2.45) is 0 Å². The molecule has 1 aromatic carbocycles. The summed E-state index contributed by atoms with van der Waals surface area (Å²) >= 11 is 0. The molecule has 0 spiro atoms. The van der Waals surface area contributed by atoms with E-state index in [1.165, 1.54) is 16.8 Å². The molecular formula is C12H13FN2O. The quantitative estimate of drug-likeness (QED) is 0.846. The van der Waals surface area contributed by atoms with Crippen LogP contribution >= 0.6 is 0 Å². The molecular weight excluding hydrogens is 207 g/mol. The maximum absolute atomic E-state index is 12.7. The predicted molar refractivity (Wildman–Crippen MR) is 60.3 cm³/mol. The monoisotopic (exact) mass is 220 g/mol. The molecule has 0 aliphatic heterocycles. The van der Waals surface area contributed by atoms with Gasteiger partial charge in [-0.05, 0) is 30.7 Å². The third-order valence-electron chi connectivity index (χ3n) is 2.38. The SMILES string of the molecule is CCCc1cc(=O)n(-c2ccc(F)cc2)[nH]1. The van der Waals surface area contributed by atoms with Gasteiger partial charge in [-0.1, -0.05) is 13.3 Å². The Morgan fingerprint density at radius 3 is 2.62 bits per heavy atom. The third kappa shape index (κ3) is 2.05. The van der Waals surface area contributed by atoms with Crippen LogP contribution in [0.3, 0.4) is 0 Å². The van der Waals surface area contributed by atoms with Crippen LogP contribution in [0.2, 0.25) is 0 Å². The fourth-order valence-electron chi connectivity index (χ4n) is 1.62. The standard InChI is InChI=1S/C12H13FN2O/c1-2-3-10-8-12(16)15(14-10)11-6-4-9(13)5-7-11/h4-8,14H,2-3H2,1H3. The van der Waals surface area contributed by atoms with Gasteiger partial charge < -0.3 is 0 Å². The molecule has 0 unspecified atom stereocenters. The van der Waals surface area contributed by atoms with Crippen molar-refractivity contribution in [2.75, 3.05) is 0 Å². The van der Waals surface area contributed by atoms with Crippen LogP contribution in [0.25, 0.3) is 5.69 Å². The average Bonchev–Trinajstić information content (AvgIpc) is 2.61. The van der Waals surface area contributed by atoms with Gasteiger partial charge in [0, 0.05) is 11.8 Å². The van der Waals surface area contributed by atoms with E-state index >= 15 is 0 Å². The number of nitrogens with one attached hydrogen (secondary N) is 1. The number of halogens is 1. The summed E-state index contributed by atoms with van der Waals surface area (Å²) in [6.45, 7) is 2.05. The number of aromatic amines is 1. The second-order valence-electron chi connectivity index (χ2n) is 3.68.